The zero-order chi connectivity index (χ0) is 12.9. The van der Waals surface area contributed by atoms with Crippen LogP contribution in [0.15, 0.2) is 0 Å². The maximum Gasteiger partial charge on any atom is 0.0784 e. The van der Waals surface area contributed by atoms with Crippen LogP contribution in [0, 0.1) is 5.41 Å². The fourth-order valence-corrected chi connectivity index (χ4v) is 2.66. The lowest BCUT2D eigenvalue weighted by atomic mass is 9.88. The first kappa shape index (κ1) is 14.9. The molecular weight excluding hydrogens is 228 g/mol. The van der Waals surface area contributed by atoms with Gasteiger partial charge in [0, 0.05) is 11.5 Å². The van der Waals surface area contributed by atoms with Gasteiger partial charge < -0.3 is 10.6 Å². The predicted molar refractivity (Wildman–Crippen MR) is 79.3 cm³/mol. The molecule has 0 saturated carbocycles. The second-order valence-corrected chi connectivity index (χ2v) is 6.41. The van der Waals surface area contributed by atoms with E-state index in [9.17, 15) is 0 Å². The number of hydrogen-bond donors (Lipinski definition) is 1. The molecule has 2 N–H and O–H groups in total. The first-order chi connectivity index (χ1) is 7.97. The maximum atomic E-state index is 5.79. The molecule has 0 aromatic rings. The molecule has 1 aliphatic heterocycles. The molecule has 1 fully saturated rings. The monoisotopic (exact) mass is 256 g/mol. The summed E-state index contributed by atoms with van der Waals surface area (Å²) in [6.45, 7) is 9.01. The number of nitrogens with zero attached hydrogens (tertiary/aromatic N) is 1. The molecule has 1 atom stereocenters. The predicted octanol–water partition coefficient (Wildman–Crippen LogP) is 3.34. The Bertz CT molecular complexity index is 249. The molecule has 0 aromatic carbocycles. The van der Waals surface area contributed by atoms with Crippen molar-refractivity contribution in [2.45, 2.75) is 65.3 Å². The van der Waals surface area contributed by atoms with Crippen molar-refractivity contribution in [1.82, 2.24) is 4.90 Å². The van der Waals surface area contributed by atoms with Gasteiger partial charge in [-0.3, -0.25) is 0 Å². The Kier molecular flexibility index (Phi) is 5.87. The molecule has 0 aliphatic carbocycles. The van der Waals surface area contributed by atoms with Gasteiger partial charge in [0.05, 0.1) is 4.99 Å². The molecule has 1 saturated heterocycles. The van der Waals surface area contributed by atoms with E-state index in [1.54, 1.807) is 0 Å². The highest BCUT2D eigenvalue weighted by Crippen LogP contribution is 2.25. The molecule has 0 aromatic heterocycles. The average molecular weight is 256 g/mol. The number of nitrogens with two attached hydrogens (primary N) is 1. The van der Waals surface area contributed by atoms with Crippen LogP contribution in [0.2, 0.25) is 0 Å². The van der Waals surface area contributed by atoms with Gasteiger partial charge in [-0.15, -0.1) is 0 Å². The fourth-order valence-electron chi connectivity index (χ4n) is 2.56. The smallest absolute Gasteiger partial charge is 0.0784 e. The summed E-state index contributed by atoms with van der Waals surface area (Å²) in [4.78, 5) is 3.31. The van der Waals surface area contributed by atoms with Crippen molar-refractivity contribution in [3.63, 3.8) is 0 Å². The van der Waals surface area contributed by atoms with Crippen LogP contribution in [0.5, 0.6) is 0 Å². The van der Waals surface area contributed by atoms with Gasteiger partial charge in [-0.1, -0.05) is 45.8 Å². The summed E-state index contributed by atoms with van der Waals surface area (Å²) < 4.78 is 0. The van der Waals surface area contributed by atoms with E-state index in [2.05, 4.69) is 25.7 Å². The van der Waals surface area contributed by atoms with Gasteiger partial charge in [-0.05, 0) is 38.8 Å². The van der Waals surface area contributed by atoms with Crippen molar-refractivity contribution in [3.8, 4) is 0 Å². The molecule has 0 bridgehead atoms. The van der Waals surface area contributed by atoms with Crippen LogP contribution in [0.3, 0.4) is 0 Å². The molecule has 2 nitrogen and oxygen atoms in total. The van der Waals surface area contributed by atoms with E-state index in [-0.39, 0.29) is 5.41 Å². The quantitative estimate of drug-likeness (QED) is 0.739. The zero-order valence-electron chi connectivity index (χ0n) is 11.7. The highest BCUT2D eigenvalue weighted by molar-refractivity contribution is 7.80. The molecule has 100 valence electrons. The van der Waals surface area contributed by atoms with Gasteiger partial charge in [-0.25, -0.2) is 0 Å². The van der Waals surface area contributed by atoms with E-state index in [0.717, 1.165) is 19.0 Å². The molecule has 0 radical (unpaired) electrons. The minimum Gasteiger partial charge on any atom is -0.393 e. The van der Waals surface area contributed by atoms with Crippen LogP contribution in [-0.2, 0) is 0 Å². The number of likely N-dealkylation sites (tertiary alicyclic amines) is 1. The first-order valence-electron chi connectivity index (χ1n) is 7.01. The summed E-state index contributed by atoms with van der Waals surface area (Å²) in [5.74, 6) is 0. The van der Waals surface area contributed by atoms with Crippen molar-refractivity contribution < 1.29 is 0 Å². The van der Waals surface area contributed by atoms with Crippen molar-refractivity contribution in [3.05, 3.63) is 0 Å². The van der Waals surface area contributed by atoms with Crippen molar-refractivity contribution in [2.75, 3.05) is 13.1 Å². The van der Waals surface area contributed by atoms with Gasteiger partial charge >= 0.3 is 0 Å². The zero-order valence-corrected chi connectivity index (χ0v) is 12.5. The average Bonchev–Trinajstić information content (AvgIpc) is 2.28. The second-order valence-electron chi connectivity index (χ2n) is 5.97. The first-order valence-corrected chi connectivity index (χ1v) is 7.42. The van der Waals surface area contributed by atoms with Crippen LogP contribution in [-0.4, -0.2) is 29.0 Å². The van der Waals surface area contributed by atoms with E-state index in [4.69, 9.17) is 18.0 Å². The lowest BCUT2D eigenvalue weighted by molar-refractivity contribution is 0.128. The third-order valence-corrected chi connectivity index (χ3v) is 4.61. The van der Waals surface area contributed by atoms with Crippen LogP contribution >= 0.6 is 12.2 Å². The molecule has 1 aliphatic rings. The van der Waals surface area contributed by atoms with Gasteiger partial charge in [0.25, 0.3) is 0 Å². The van der Waals surface area contributed by atoms with E-state index in [1.165, 1.54) is 38.6 Å². The van der Waals surface area contributed by atoms with Crippen LogP contribution < -0.4 is 5.73 Å². The maximum absolute atomic E-state index is 5.79. The Morgan fingerprint density at radius 2 is 2.12 bits per heavy atom. The summed E-state index contributed by atoms with van der Waals surface area (Å²) in [6, 6.07) is 0.802. The minimum atomic E-state index is 0.00352. The Balaban J connectivity index is 2.45. The molecule has 1 rings (SSSR count). The Labute approximate surface area is 112 Å². The molecule has 1 heterocycles. The largest absolute Gasteiger partial charge is 0.393 e. The number of thiocarbonyl (C=S) groups is 1. The van der Waals surface area contributed by atoms with Gasteiger partial charge in [0.15, 0.2) is 0 Å². The SMILES string of the molecule is CCCC1CCCCN1CCC(C)(C)C(N)=S. The highest BCUT2D eigenvalue weighted by Gasteiger charge is 2.26. The second kappa shape index (κ2) is 6.69. The third kappa shape index (κ3) is 4.55. The highest BCUT2D eigenvalue weighted by atomic mass is 32.1. The molecule has 1 unspecified atom stereocenters. The standard InChI is InChI=1S/C14H28N2S/c1-4-7-12-8-5-6-10-16(12)11-9-14(2,3)13(15)17/h12H,4-11H2,1-3H3,(H2,15,17). The molecule has 17 heavy (non-hydrogen) atoms. The fraction of sp³-hybridized carbons (Fsp3) is 0.929. The minimum absolute atomic E-state index is 0.00352. The number of hydrogen-bond acceptors (Lipinski definition) is 2. The van der Waals surface area contributed by atoms with Gasteiger partial charge in [0.2, 0.25) is 0 Å². The Morgan fingerprint density at radius 1 is 1.41 bits per heavy atom. The van der Waals surface area contributed by atoms with E-state index < -0.39 is 0 Å². The Hall–Kier alpha value is -0.150. The van der Waals surface area contributed by atoms with Crippen molar-refractivity contribution >= 4 is 17.2 Å². The molecule has 3 heteroatoms. The van der Waals surface area contributed by atoms with Gasteiger partial charge in [0.1, 0.15) is 0 Å². The van der Waals surface area contributed by atoms with Crippen LogP contribution in [0.4, 0.5) is 0 Å². The molecule has 0 spiro atoms. The topological polar surface area (TPSA) is 29.3 Å². The van der Waals surface area contributed by atoms with Crippen LogP contribution in [0.1, 0.15) is 59.3 Å². The summed E-state index contributed by atoms with van der Waals surface area (Å²) in [7, 11) is 0. The number of rotatable bonds is 6. The third-order valence-electron chi connectivity index (χ3n) is 4.06. The molecule has 0 amide bonds. The lowest BCUT2D eigenvalue weighted by Gasteiger charge is -2.37. The normalized spacial score (nSPS) is 22.6. The summed E-state index contributed by atoms with van der Waals surface area (Å²) >= 11 is 5.14. The summed E-state index contributed by atoms with van der Waals surface area (Å²) in [6.07, 6.45) is 7.85. The number of piperidine rings is 1. The lowest BCUT2D eigenvalue weighted by Crippen LogP contribution is -2.42. The van der Waals surface area contributed by atoms with Crippen molar-refractivity contribution in [1.29, 1.82) is 0 Å². The van der Waals surface area contributed by atoms with E-state index in [1.807, 2.05) is 0 Å². The summed E-state index contributed by atoms with van der Waals surface area (Å²) in [5.41, 5.74) is 5.80. The van der Waals surface area contributed by atoms with Crippen LogP contribution in [0.25, 0.3) is 0 Å². The van der Waals surface area contributed by atoms with E-state index >= 15 is 0 Å². The van der Waals surface area contributed by atoms with Gasteiger partial charge in [-0.2, -0.15) is 0 Å². The Morgan fingerprint density at radius 3 is 2.71 bits per heavy atom. The molecular formula is C14H28N2S. The van der Waals surface area contributed by atoms with E-state index in [0.29, 0.717) is 4.99 Å². The van der Waals surface area contributed by atoms with Crippen molar-refractivity contribution in [2.24, 2.45) is 11.1 Å². The summed E-state index contributed by atoms with van der Waals surface area (Å²) in [5, 5.41) is 0.